The Bertz CT molecular complexity index is 750. The maximum Gasteiger partial charge on any atom is 0.196 e. The van der Waals surface area contributed by atoms with Gasteiger partial charge in [-0.05, 0) is 12.1 Å². The summed E-state index contributed by atoms with van der Waals surface area (Å²) in [5.41, 5.74) is 3.57. The highest BCUT2D eigenvalue weighted by Crippen LogP contribution is 2.38. The number of carbonyl (C=O) groups is 2. The quantitative estimate of drug-likeness (QED) is 0.642. The molecule has 4 nitrogen and oxygen atoms in total. The second-order valence-electron chi connectivity index (χ2n) is 4.64. The molecule has 2 aliphatic rings. The topological polar surface area (TPSA) is 58.2 Å². The summed E-state index contributed by atoms with van der Waals surface area (Å²) in [6, 6.07) is 10.5. The second-order valence-corrected chi connectivity index (χ2v) is 4.64. The molecule has 0 spiro atoms. The van der Waals surface area contributed by atoms with E-state index in [4.69, 9.17) is 0 Å². The van der Waals surface area contributed by atoms with Crippen molar-refractivity contribution >= 4 is 22.9 Å². The zero-order chi connectivity index (χ0) is 13.0. The summed E-state index contributed by atoms with van der Waals surface area (Å²) in [5.74, 6) is -0.167. The van der Waals surface area contributed by atoms with Gasteiger partial charge in [0.2, 0.25) is 0 Å². The normalized spacial score (nSPS) is 15.2. The Labute approximate surface area is 109 Å². The monoisotopic (exact) mass is 250 g/mol. The van der Waals surface area contributed by atoms with Gasteiger partial charge in [0.1, 0.15) is 0 Å². The van der Waals surface area contributed by atoms with Gasteiger partial charge in [0, 0.05) is 16.7 Å². The summed E-state index contributed by atoms with van der Waals surface area (Å²) in [6.07, 6.45) is 0. The van der Waals surface area contributed by atoms with Crippen LogP contribution in [-0.2, 0) is 0 Å². The Morgan fingerprint density at radius 3 is 2.32 bits per heavy atom. The van der Waals surface area contributed by atoms with Crippen LogP contribution in [0.3, 0.4) is 0 Å². The van der Waals surface area contributed by atoms with Crippen molar-refractivity contribution < 1.29 is 9.59 Å². The summed E-state index contributed by atoms with van der Waals surface area (Å²) in [4.78, 5) is 25.0. The average molecular weight is 250 g/mol. The molecule has 0 atom stereocenters. The highest BCUT2D eigenvalue weighted by atomic mass is 16.1. The van der Waals surface area contributed by atoms with E-state index in [1.54, 1.807) is 30.3 Å². The number of rotatable bonds is 0. The van der Waals surface area contributed by atoms with Gasteiger partial charge in [-0.15, -0.1) is 0 Å². The molecule has 0 bridgehead atoms. The molecule has 1 heterocycles. The van der Waals surface area contributed by atoms with E-state index >= 15 is 0 Å². The summed E-state index contributed by atoms with van der Waals surface area (Å²) in [5, 5.41) is 6.26. The molecule has 2 N–H and O–H groups in total. The zero-order valence-electron chi connectivity index (χ0n) is 9.99. The van der Waals surface area contributed by atoms with Crippen LogP contribution in [0.25, 0.3) is 0 Å². The average Bonchev–Trinajstić information content (AvgIpc) is 2.92. The smallest absolute Gasteiger partial charge is 0.196 e. The van der Waals surface area contributed by atoms with Crippen LogP contribution in [0, 0.1) is 0 Å². The van der Waals surface area contributed by atoms with Crippen molar-refractivity contribution in [1.82, 2.24) is 0 Å². The number of anilines is 2. The highest BCUT2D eigenvalue weighted by Gasteiger charge is 2.33. The van der Waals surface area contributed by atoms with Crippen molar-refractivity contribution in [3.8, 4) is 0 Å². The van der Waals surface area contributed by atoms with E-state index in [1.807, 2.05) is 6.07 Å². The number of fused-ring (bicyclic) bond motifs is 4. The molecule has 19 heavy (non-hydrogen) atoms. The van der Waals surface area contributed by atoms with Gasteiger partial charge >= 0.3 is 0 Å². The van der Waals surface area contributed by atoms with Crippen LogP contribution in [0.2, 0.25) is 0 Å². The molecule has 4 heteroatoms. The molecule has 4 rings (SSSR count). The minimum absolute atomic E-state index is 0.0818. The molecule has 0 unspecified atom stereocenters. The van der Waals surface area contributed by atoms with Crippen LogP contribution in [0.5, 0.6) is 0 Å². The minimum Gasteiger partial charge on any atom is -0.366 e. The van der Waals surface area contributed by atoms with Crippen LogP contribution >= 0.6 is 0 Å². The lowest BCUT2D eigenvalue weighted by molar-refractivity contribution is 0.0980. The van der Waals surface area contributed by atoms with Gasteiger partial charge in [0.25, 0.3) is 0 Å². The number of carbonyl (C=O) groups excluding carboxylic acids is 2. The van der Waals surface area contributed by atoms with Crippen LogP contribution < -0.4 is 10.6 Å². The van der Waals surface area contributed by atoms with Gasteiger partial charge in [-0.3, -0.25) is 9.59 Å². The second kappa shape index (κ2) is 3.45. The summed E-state index contributed by atoms with van der Waals surface area (Å²) in [6.45, 7) is 0.578. The fourth-order valence-electron chi connectivity index (χ4n) is 2.75. The van der Waals surface area contributed by atoms with E-state index in [-0.39, 0.29) is 11.6 Å². The van der Waals surface area contributed by atoms with Crippen molar-refractivity contribution in [3.63, 3.8) is 0 Å². The molecule has 92 valence electrons. The summed E-state index contributed by atoms with van der Waals surface area (Å²) < 4.78 is 0. The third kappa shape index (κ3) is 1.23. The molecular weight excluding hydrogens is 240 g/mol. The predicted molar refractivity (Wildman–Crippen MR) is 71.9 cm³/mol. The van der Waals surface area contributed by atoms with Crippen molar-refractivity contribution in [1.29, 1.82) is 0 Å². The molecular formula is C15H10N2O2. The molecule has 0 aromatic heterocycles. The Hall–Kier alpha value is -2.62. The molecule has 0 radical (unpaired) electrons. The summed E-state index contributed by atoms with van der Waals surface area (Å²) >= 11 is 0. The van der Waals surface area contributed by atoms with E-state index in [0.29, 0.717) is 28.9 Å². The first-order valence-electron chi connectivity index (χ1n) is 6.10. The lowest BCUT2D eigenvalue weighted by atomic mass is 9.83. The molecule has 2 aromatic rings. The van der Waals surface area contributed by atoms with Gasteiger partial charge in [-0.1, -0.05) is 24.3 Å². The lowest BCUT2D eigenvalue weighted by Crippen LogP contribution is -2.21. The van der Waals surface area contributed by atoms with Crippen molar-refractivity contribution in [2.75, 3.05) is 17.3 Å². The van der Waals surface area contributed by atoms with E-state index in [2.05, 4.69) is 10.6 Å². The molecule has 0 fully saturated rings. The number of benzene rings is 2. The molecule has 2 aromatic carbocycles. The largest absolute Gasteiger partial charge is 0.366 e. The molecule has 0 saturated heterocycles. The number of hydrogen-bond donors (Lipinski definition) is 2. The zero-order valence-corrected chi connectivity index (χ0v) is 9.99. The number of hydrogen-bond acceptors (Lipinski definition) is 4. The van der Waals surface area contributed by atoms with Crippen molar-refractivity contribution in [2.24, 2.45) is 0 Å². The fourth-order valence-corrected chi connectivity index (χ4v) is 2.75. The van der Waals surface area contributed by atoms with E-state index in [1.165, 1.54) is 0 Å². The predicted octanol–water partition coefficient (Wildman–Crippen LogP) is 2.26. The van der Waals surface area contributed by atoms with Crippen LogP contribution in [-0.4, -0.2) is 18.2 Å². The van der Waals surface area contributed by atoms with Crippen LogP contribution in [0.15, 0.2) is 36.4 Å². The molecule has 1 aliphatic carbocycles. The van der Waals surface area contributed by atoms with Crippen LogP contribution in [0.1, 0.15) is 31.8 Å². The maximum absolute atomic E-state index is 12.6. The summed E-state index contributed by atoms with van der Waals surface area (Å²) in [7, 11) is 0. The minimum atomic E-state index is -0.0850. The van der Waals surface area contributed by atoms with Crippen molar-refractivity contribution in [2.45, 2.75) is 0 Å². The van der Waals surface area contributed by atoms with E-state index in [9.17, 15) is 9.59 Å². The Kier molecular flexibility index (Phi) is 1.87. The lowest BCUT2D eigenvalue weighted by Gasteiger charge is -2.19. The molecule has 0 saturated carbocycles. The Morgan fingerprint density at radius 1 is 0.789 bits per heavy atom. The first-order valence-corrected chi connectivity index (χ1v) is 6.10. The highest BCUT2D eigenvalue weighted by molar-refractivity contribution is 6.31. The standard InChI is InChI=1S/C15H10N2O2/c18-14-8-3-1-2-4-9(8)15(19)12-10(14)5-6-11-13(12)17-7-16-11/h1-6,16-17H,7H2. The Balaban J connectivity index is 2.06. The maximum atomic E-state index is 12.6. The first kappa shape index (κ1) is 10.3. The number of ketones is 2. The first-order chi connectivity index (χ1) is 9.27. The van der Waals surface area contributed by atoms with Gasteiger partial charge in [-0.2, -0.15) is 0 Å². The molecule has 0 amide bonds. The van der Waals surface area contributed by atoms with E-state index < -0.39 is 0 Å². The van der Waals surface area contributed by atoms with Gasteiger partial charge in [0.15, 0.2) is 11.6 Å². The third-order valence-electron chi connectivity index (χ3n) is 3.64. The molecule has 1 aliphatic heterocycles. The number of nitrogens with one attached hydrogen (secondary N) is 2. The van der Waals surface area contributed by atoms with Gasteiger partial charge < -0.3 is 10.6 Å². The van der Waals surface area contributed by atoms with Crippen LogP contribution in [0.4, 0.5) is 11.4 Å². The SMILES string of the molecule is O=C1c2ccccc2C(=O)c2c1ccc1c2NCN1. The Morgan fingerprint density at radius 2 is 1.53 bits per heavy atom. The third-order valence-corrected chi connectivity index (χ3v) is 3.64. The van der Waals surface area contributed by atoms with Gasteiger partial charge in [0.05, 0.1) is 23.6 Å². The van der Waals surface area contributed by atoms with Crippen molar-refractivity contribution in [3.05, 3.63) is 58.7 Å². The fraction of sp³-hybridized carbons (Fsp3) is 0.0667. The van der Waals surface area contributed by atoms with E-state index in [0.717, 1.165) is 11.4 Å². The van der Waals surface area contributed by atoms with Gasteiger partial charge in [-0.25, -0.2) is 0 Å².